The summed E-state index contributed by atoms with van der Waals surface area (Å²) in [5.41, 5.74) is 0. The van der Waals surface area contributed by atoms with Crippen molar-refractivity contribution in [1.29, 1.82) is 0 Å². The minimum absolute atomic E-state index is 0.175. The summed E-state index contributed by atoms with van der Waals surface area (Å²) in [6.45, 7) is 4.15. The van der Waals surface area contributed by atoms with Gasteiger partial charge in [-0.3, -0.25) is 0 Å². The topological polar surface area (TPSA) is 32.3 Å². The Morgan fingerprint density at radius 3 is 2.27 bits per heavy atom. The zero-order valence-corrected chi connectivity index (χ0v) is 9.67. The van der Waals surface area contributed by atoms with Gasteiger partial charge < -0.3 is 10.2 Å². The molecule has 1 saturated carbocycles. The van der Waals surface area contributed by atoms with Gasteiger partial charge in [-0.05, 0) is 31.6 Å². The van der Waals surface area contributed by atoms with Gasteiger partial charge >= 0.3 is 6.03 Å². The van der Waals surface area contributed by atoms with Crippen LogP contribution < -0.4 is 5.32 Å². The van der Waals surface area contributed by atoms with Crippen LogP contribution in [0.3, 0.4) is 0 Å². The van der Waals surface area contributed by atoms with Crippen LogP contribution in [0.5, 0.6) is 0 Å². The lowest BCUT2D eigenvalue weighted by Gasteiger charge is -2.35. The number of rotatable bonds is 1. The van der Waals surface area contributed by atoms with E-state index in [4.69, 9.17) is 0 Å². The third-order valence-electron chi connectivity index (χ3n) is 3.59. The average Bonchev–Trinajstić information content (AvgIpc) is 2.43. The monoisotopic (exact) mass is 210 g/mol. The molecule has 2 amide bonds. The summed E-state index contributed by atoms with van der Waals surface area (Å²) in [5.74, 6) is 0.805. The molecule has 1 N–H and O–H groups in total. The van der Waals surface area contributed by atoms with Crippen molar-refractivity contribution >= 4 is 6.03 Å². The van der Waals surface area contributed by atoms with E-state index in [1.165, 1.54) is 38.5 Å². The van der Waals surface area contributed by atoms with E-state index in [9.17, 15) is 4.79 Å². The van der Waals surface area contributed by atoms with Gasteiger partial charge in [0, 0.05) is 19.1 Å². The zero-order valence-electron chi connectivity index (χ0n) is 9.67. The highest BCUT2D eigenvalue weighted by atomic mass is 16.2. The molecule has 0 aromatic rings. The molecule has 0 unspecified atom stereocenters. The summed E-state index contributed by atoms with van der Waals surface area (Å²) in [5, 5.41) is 3.13. The van der Waals surface area contributed by atoms with E-state index in [1.807, 2.05) is 4.90 Å². The van der Waals surface area contributed by atoms with Gasteiger partial charge in [0.2, 0.25) is 0 Å². The fraction of sp³-hybridized carbons (Fsp3) is 0.917. The average molecular weight is 210 g/mol. The predicted octanol–water partition coefficient (Wildman–Crippen LogP) is 2.37. The van der Waals surface area contributed by atoms with Crippen LogP contribution in [-0.4, -0.2) is 30.1 Å². The summed E-state index contributed by atoms with van der Waals surface area (Å²) in [6, 6.07) is 0.629. The van der Waals surface area contributed by atoms with Crippen molar-refractivity contribution < 1.29 is 4.79 Å². The molecular formula is C12H22N2O. The second-order valence-corrected chi connectivity index (χ2v) is 5.12. The van der Waals surface area contributed by atoms with Crippen LogP contribution in [0.15, 0.2) is 0 Å². The van der Waals surface area contributed by atoms with Gasteiger partial charge in [-0.2, -0.15) is 0 Å². The predicted molar refractivity (Wildman–Crippen MR) is 60.8 cm³/mol. The molecule has 0 aromatic carbocycles. The Morgan fingerprint density at radius 2 is 1.73 bits per heavy atom. The lowest BCUT2D eigenvalue weighted by Crippen LogP contribution is -2.49. The number of hydrogen-bond acceptors (Lipinski definition) is 1. The van der Waals surface area contributed by atoms with Crippen molar-refractivity contribution in [2.75, 3.05) is 13.1 Å². The van der Waals surface area contributed by atoms with Crippen molar-refractivity contribution in [2.24, 2.45) is 5.92 Å². The largest absolute Gasteiger partial charge is 0.335 e. The van der Waals surface area contributed by atoms with Crippen molar-refractivity contribution in [1.82, 2.24) is 10.2 Å². The van der Waals surface area contributed by atoms with E-state index >= 15 is 0 Å². The number of urea groups is 1. The summed E-state index contributed by atoms with van der Waals surface area (Å²) >= 11 is 0. The molecule has 86 valence electrons. The van der Waals surface area contributed by atoms with Crippen LogP contribution in [0.25, 0.3) is 0 Å². The Labute approximate surface area is 92.2 Å². The smallest absolute Gasteiger partial charge is 0.317 e. The number of hydrogen-bond donors (Lipinski definition) is 1. The third-order valence-corrected chi connectivity index (χ3v) is 3.59. The van der Waals surface area contributed by atoms with Crippen molar-refractivity contribution in [3.8, 4) is 0 Å². The lowest BCUT2D eigenvalue weighted by molar-refractivity contribution is 0.176. The standard InChI is InChI=1S/C12H22N2O/c1-10-8-11(9-10)13-12(15)14-6-4-2-3-5-7-14/h10-11H,2-9H2,1H3,(H,13,15). The molecule has 2 rings (SSSR count). The Morgan fingerprint density at radius 1 is 1.13 bits per heavy atom. The van der Waals surface area contributed by atoms with Crippen LogP contribution in [0, 0.1) is 5.92 Å². The minimum Gasteiger partial charge on any atom is -0.335 e. The Kier molecular flexibility index (Phi) is 3.49. The second kappa shape index (κ2) is 4.86. The molecule has 0 spiro atoms. The lowest BCUT2D eigenvalue weighted by atomic mass is 9.82. The van der Waals surface area contributed by atoms with E-state index in [1.54, 1.807) is 0 Å². The molecule has 1 aliphatic heterocycles. The maximum absolute atomic E-state index is 11.9. The maximum atomic E-state index is 11.9. The molecule has 2 aliphatic rings. The second-order valence-electron chi connectivity index (χ2n) is 5.12. The van der Waals surface area contributed by atoms with Crippen molar-refractivity contribution in [3.63, 3.8) is 0 Å². The van der Waals surface area contributed by atoms with Gasteiger partial charge in [0.25, 0.3) is 0 Å². The minimum atomic E-state index is 0.175. The number of nitrogens with zero attached hydrogens (tertiary/aromatic N) is 1. The van der Waals surface area contributed by atoms with Gasteiger partial charge in [0.15, 0.2) is 0 Å². The first-order valence-corrected chi connectivity index (χ1v) is 6.31. The van der Waals surface area contributed by atoms with Gasteiger partial charge in [-0.1, -0.05) is 19.8 Å². The molecule has 0 radical (unpaired) electrons. The first-order chi connectivity index (χ1) is 7.25. The molecule has 1 saturated heterocycles. The Bertz CT molecular complexity index is 216. The maximum Gasteiger partial charge on any atom is 0.317 e. The summed E-state index contributed by atoms with van der Waals surface area (Å²) in [4.78, 5) is 13.9. The van der Waals surface area contributed by atoms with Gasteiger partial charge in [0.05, 0.1) is 0 Å². The molecular weight excluding hydrogens is 188 g/mol. The molecule has 1 aliphatic carbocycles. The van der Waals surface area contributed by atoms with Crippen LogP contribution in [0.4, 0.5) is 4.79 Å². The molecule has 3 nitrogen and oxygen atoms in total. The highest BCUT2D eigenvalue weighted by Crippen LogP contribution is 2.26. The number of likely N-dealkylation sites (tertiary alicyclic amines) is 1. The molecule has 2 fully saturated rings. The SMILES string of the molecule is CC1CC(NC(=O)N2CCCCCC2)C1. The summed E-state index contributed by atoms with van der Waals surface area (Å²) < 4.78 is 0. The van der Waals surface area contributed by atoms with E-state index < -0.39 is 0 Å². The molecule has 1 heterocycles. The van der Waals surface area contributed by atoms with Gasteiger partial charge in [-0.25, -0.2) is 4.79 Å². The summed E-state index contributed by atoms with van der Waals surface area (Å²) in [6.07, 6.45) is 7.25. The van der Waals surface area contributed by atoms with Crippen LogP contribution >= 0.6 is 0 Å². The molecule has 0 bridgehead atoms. The van der Waals surface area contributed by atoms with Crippen molar-refractivity contribution in [2.45, 2.75) is 51.5 Å². The molecule has 0 aromatic heterocycles. The van der Waals surface area contributed by atoms with E-state index in [0.717, 1.165) is 19.0 Å². The van der Waals surface area contributed by atoms with Crippen LogP contribution in [0.1, 0.15) is 45.4 Å². The van der Waals surface area contributed by atoms with Crippen molar-refractivity contribution in [3.05, 3.63) is 0 Å². The Balaban J connectivity index is 1.74. The number of carbonyl (C=O) groups is 1. The number of amides is 2. The summed E-state index contributed by atoms with van der Waals surface area (Å²) in [7, 11) is 0. The number of carbonyl (C=O) groups excluding carboxylic acids is 1. The fourth-order valence-corrected chi connectivity index (χ4v) is 2.56. The highest BCUT2D eigenvalue weighted by molar-refractivity contribution is 5.74. The normalized spacial score (nSPS) is 31.7. The van der Waals surface area contributed by atoms with E-state index in [0.29, 0.717) is 6.04 Å². The molecule has 3 heteroatoms. The fourth-order valence-electron chi connectivity index (χ4n) is 2.56. The quantitative estimate of drug-likeness (QED) is 0.708. The van der Waals surface area contributed by atoms with Crippen LogP contribution in [0.2, 0.25) is 0 Å². The highest BCUT2D eigenvalue weighted by Gasteiger charge is 2.28. The molecule has 0 atom stereocenters. The first kappa shape index (κ1) is 10.8. The van der Waals surface area contributed by atoms with E-state index in [2.05, 4.69) is 12.2 Å². The zero-order chi connectivity index (χ0) is 10.7. The Hall–Kier alpha value is -0.730. The molecule has 15 heavy (non-hydrogen) atoms. The number of nitrogens with one attached hydrogen (secondary N) is 1. The third kappa shape index (κ3) is 2.86. The first-order valence-electron chi connectivity index (χ1n) is 6.31. The van der Waals surface area contributed by atoms with Gasteiger partial charge in [-0.15, -0.1) is 0 Å². The van der Waals surface area contributed by atoms with Crippen LogP contribution in [-0.2, 0) is 0 Å². The van der Waals surface area contributed by atoms with E-state index in [-0.39, 0.29) is 6.03 Å². The van der Waals surface area contributed by atoms with Gasteiger partial charge in [0.1, 0.15) is 0 Å².